The molecule has 0 fully saturated rings. The van der Waals surface area contributed by atoms with Crippen LogP contribution >= 0.6 is 0 Å². The van der Waals surface area contributed by atoms with Crippen LogP contribution in [0.1, 0.15) is 34.6 Å². The van der Waals surface area contributed by atoms with E-state index < -0.39 is 21.9 Å². The monoisotopic (exact) mass is 483 g/mol. The number of aromatic nitrogens is 2. The number of carboxylic acid groups (broad SMARTS) is 1. The van der Waals surface area contributed by atoms with Crippen LogP contribution in [0.4, 0.5) is 0 Å². The lowest BCUT2D eigenvalue weighted by Crippen LogP contribution is -2.32. The Bertz CT molecular complexity index is 1400. The molecule has 9 nitrogen and oxygen atoms in total. The molecule has 2 aromatic heterocycles. The first-order valence-corrected chi connectivity index (χ1v) is 12.2. The molecule has 4 rings (SSSR count). The molecule has 1 N–H and O–H groups in total. The topological polar surface area (TPSA) is 119 Å². The predicted octanol–water partition coefficient (Wildman–Crippen LogP) is 2.28. The fraction of sp³-hybridized carbons (Fsp3) is 0.292. The van der Waals surface area contributed by atoms with Gasteiger partial charge in [0.15, 0.2) is 0 Å². The normalized spacial score (nSPS) is 16.2. The minimum absolute atomic E-state index is 0.0187. The van der Waals surface area contributed by atoms with Crippen LogP contribution in [-0.4, -0.2) is 46.5 Å². The van der Waals surface area contributed by atoms with Crippen molar-refractivity contribution in [2.45, 2.75) is 30.7 Å². The summed E-state index contributed by atoms with van der Waals surface area (Å²) in [7, 11) is -2.21. The standard InChI is InChI=1S/C24H25N3O6S/c1-16-5-6-17(20(14-23(29)30)18-7-9-26(2)22(28)13-18)12-19(16)15-27-10-11-33-24-21(34(27,31)32)4-3-8-25-24/h3-9,12-13,20H,10-11,14-15H2,1-2H3,(H,29,30). The molecule has 0 spiro atoms. The van der Waals surface area contributed by atoms with Crippen LogP contribution in [0.25, 0.3) is 0 Å². The van der Waals surface area contributed by atoms with Crippen molar-refractivity contribution >= 4 is 16.0 Å². The van der Waals surface area contributed by atoms with Gasteiger partial charge in [0.25, 0.3) is 5.56 Å². The number of sulfonamides is 1. The van der Waals surface area contributed by atoms with Gasteiger partial charge >= 0.3 is 5.97 Å². The zero-order valence-electron chi connectivity index (χ0n) is 18.8. The van der Waals surface area contributed by atoms with E-state index in [9.17, 15) is 23.1 Å². The van der Waals surface area contributed by atoms with Gasteiger partial charge in [-0.25, -0.2) is 13.4 Å². The Hall–Kier alpha value is -3.50. The van der Waals surface area contributed by atoms with Crippen molar-refractivity contribution in [3.05, 3.63) is 87.5 Å². The van der Waals surface area contributed by atoms with Crippen molar-refractivity contribution in [1.82, 2.24) is 13.9 Å². The van der Waals surface area contributed by atoms with Gasteiger partial charge in [-0.1, -0.05) is 18.2 Å². The van der Waals surface area contributed by atoms with Crippen LogP contribution < -0.4 is 10.3 Å². The minimum atomic E-state index is -3.84. The Morgan fingerprint density at radius 1 is 1.21 bits per heavy atom. The smallest absolute Gasteiger partial charge is 0.304 e. The fourth-order valence-electron chi connectivity index (χ4n) is 4.00. The second-order valence-corrected chi connectivity index (χ2v) is 10.1. The van der Waals surface area contributed by atoms with Crippen LogP contribution in [0.2, 0.25) is 0 Å². The molecule has 0 saturated carbocycles. The van der Waals surface area contributed by atoms with Crippen molar-refractivity contribution in [2.75, 3.05) is 13.2 Å². The Labute approximate surface area is 197 Å². The van der Waals surface area contributed by atoms with E-state index in [1.165, 1.54) is 27.2 Å². The van der Waals surface area contributed by atoms with E-state index in [1.54, 1.807) is 25.4 Å². The predicted molar refractivity (Wildman–Crippen MR) is 124 cm³/mol. The highest BCUT2D eigenvalue weighted by Crippen LogP contribution is 2.32. The van der Waals surface area contributed by atoms with Gasteiger partial charge < -0.3 is 14.4 Å². The van der Waals surface area contributed by atoms with E-state index in [4.69, 9.17) is 4.74 Å². The van der Waals surface area contributed by atoms with Gasteiger partial charge in [-0.3, -0.25) is 9.59 Å². The van der Waals surface area contributed by atoms with E-state index in [0.717, 1.165) is 11.1 Å². The van der Waals surface area contributed by atoms with E-state index in [2.05, 4.69) is 4.98 Å². The highest BCUT2D eigenvalue weighted by Gasteiger charge is 2.32. The summed E-state index contributed by atoms with van der Waals surface area (Å²) in [5.74, 6) is -1.47. The molecule has 3 aromatic rings. The molecule has 0 saturated heterocycles. The van der Waals surface area contributed by atoms with Crippen molar-refractivity contribution in [2.24, 2.45) is 7.05 Å². The molecule has 0 bridgehead atoms. The third-order valence-electron chi connectivity index (χ3n) is 5.97. The van der Waals surface area contributed by atoms with Crippen LogP contribution in [0.5, 0.6) is 5.88 Å². The molecule has 0 radical (unpaired) electrons. The van der Waals surface area contributed by atoms with Crippen LogP contribution in [0, 0.1) is 6.92 Å². The summed E-state index contributed by atoms with van der Waals surface area (Å²) in [6, 6.07) is 11.7. The quantitative estimate of drug-likeness (QED) is 0.571. The largest absolute Gasteiger partial charge is 0.481 e. The lowest BCUT2D eigenvalue weighted by molar-refractivity contribution is -0.137. The average molecular weight is 484 g/mol. The molecule has 0 amide bonds. The second kappa shape index (κ2) is 9.40. The second-order valence-electron chi connectivity index (χ2n) is 8.24. The summed E-state index contributed by atoms with van der Waals surface area (Å²) in [5.41, 5.74) is 2.67. The summed E-state index contributed by atoms with van der Waals surface area (Å²) in [6.45, 7) is 2.28. The summed E-state index contributed by atoms with van der Waals surface area (Å²) >= 11 is 0. The van der Waals surface area contributed by atoms with Crippen molar-refractivity contribution < 1.29 is 23.1 Å². The molecule has 34 heavy (non-hydrogen) atoms. The van der Waals surface area contributed by atoms with E-state index in [0.29, 0.717) is 11.1 Å². The number of fused-ring (bicyclic) bond motifs is 1. The fourth-order valence-corrected chi connectivity index (χ4v) is 5.49. The first-order chi connectivity index (χ1) is 16.2. The SMILES string of the molecule is Cc1ccc(C(CC(=O)O)c2ccn(C)c(=O)c2)cc1CN1CCOc2ncccc2S1(=O)=O. The molecule has 1 aromatic carbocycles. The number of hydrogen-bond donors (Lipinski definition) is 1. The Morgan fingerprint density at radius 2 is 1.97 bits per heavy atom. The van der Waals surface area contributed by atoms with Gasteiger partial charge in [0, 0.05) is 44.5 Å². The number of aliphatic carboxylic acids is 1. The molecule has 1 aliphatic heterocycles. The van der Waals surface area contributed by atoms with Gasteiger partial charge in [-0.15, -0.1) is 0 Å². The number of hydrogen-bond acceptors (Lipinski definition) is 6. The maximum Gasteiger partial charge on any atom is 0.304 e. The number of rotatable bonds is 6. The minimum Gasteiger partial charge on any atom is -0.481 e. The van der Waals surface area contributed by atoms with E-state index >= 15 is 0 Å². The first kappa shape index (κ1) is 23.7. The summed E-state index contributed by atoms with van der Waals surface area (Å²) in [4.78, 5) is 27.9. The Morgan fingerprint density at radius 3 is 2.71 bits per heavy atom. The maximum absolute atomic E-state index is 13.3. The maximum atomic E-state index is 13.3. The number of aryl methyl sites for hydroxylation is 2. The molecular weight excluding hydrogens is 458 g/mol. The molecular formula is C24H25N3O6S. The van der Waals surface area contributed by atoms with Gasteiger partial charge in [0.1, 0.15) is 11.5 Å². The molecule has 10 heteroatoms. The lowest BCUT2D eigenvalue weighted by Gasteiger charge is -2.22. The highest BCUT2D eigenvalue weighted by molar-refractivity contribution is 7.89. The molecule has 0 aliphatic carbocycles. The molecule has 1 aliphatic rings. The number of benzene rings is 1. The molecule has 1 atom stereocenters. The number of ether oxygens (including phenoxy) is 1. The lowest BCUT2D eigenvalue weighted by atomic mass is 9.87. The van der Waals surface area contributed by atoms with Crippen molar-refractivity contribution in [1.29, 1.82) is 0 Å². The number of nitrogens with zero attached hydrogens (tertiary/aromatic N) is 3. The van der Waals surface area contributed by atoms with E-state index in [1.807, 2.05) is 25.1 Å². The summed E-state index contributed by atoms with van der Waals surface area (Å²) in [6.07, 6.45) is 2.89. The third-order valence-corrected chi connectivity index (χ3v) is 7.82. The molecule has 178 valence electrons. The van der Waals surface area contributed by atoms with Crippen LogP contribution in [-0.2, 0) is 28.4 Å². The van der Waals surface area contributed by atoms with Gasteiger partial charge in [-0.05, 0) is 47.4 Å². The van der Waals surface area contributed by atoms with E-state index in [-0.39, 0.29) is 42.5 Å². The number of pyridine rings is 2. The Kier molecular flexibility index (Phi) is 6.54. The van der Waals surface area contributed by atoms with Crippen LogP contribution in [0.3, 0.4) is 0 Å². The third kappa shape index (κ3) is 4.73. The van der Waals surface area contributed by atoms with Crippen LogP contribution in [0.15, 0.2) is 64.5 Å². The van der Waals surface area contributed by atoms with Gasteiger partial charge in [0.2, 0.25) is 15.9 Å². The van der Waals surface area contributed by atoms with Crippen molar-refractivity contribution in [3.8, 4) is 5.88 Å². The van der Waals surface area contributed by atoms with Gasteiger partial charge in [0.05, 0.1) is 6.42 Å². The molecule has 3 heterocycles. The zero-order chi connectivity index (χ0) is 24.5. The number of carboxylic acids is 1. The highest BCUT2D eigenvalue weighted by atomic mass is 32.2. The molecule has 1 unspecified atom stereocenters. The Balaban J connectivity index is 1.72. The average Bonchev–Trinajstić information content (AvgIpc) is 2.92. The first-order valence-electron chi connectivity index (χ1n) is 10.7. The number of carbonyl (C=O) groups is 1. The summed E-state index contributed by atoms with van der Waals surface area (Å²) in [5, 5.41) is 9.52. The zero-order valence-corrected chi connectivity index (χ0v) is 19.7. The summed E-state index contributed by atoms with van der Waals surface area (Å²) < 4.78 is 34.9. The van der Waals surface area contributed by atoms with Crippen molar-refractivity contribution in [3.63, 3.8) is 0 Å². The van der Waals surface area contributed by atoms with Gasteiger partial charge in [-0.2, -0.15) is 4.31 Å².